The zero-order chi connectivity index (χ0) is 10.8. The molecule has 0 rings (SSSR count). The highest BCUT2D eigenvalue weighted by atomic mass is 16.5. The van der Waals surface area contributed by atoms with Crippen molar-refractivity contribution in [3.63, 3.8) is 0 Å². The second kappa shape index (κ2) is 9.47. The van der Waals surface area contributed by atoms with E-state index >= 15 is 0 Å². The SMILES string of the molecule is CC(C)COCCCCCNC(C)C.[HH]. The van der Waals surface area contributed by atoms with Gasteiger partial charge in [-0.2, -0.15) is 0 Å². The summed E-state index contributed by atoms with van der Waals surface area (Å²) in [5.41, 5.74) is 0. The summed E-state index contributed by atoms with van der Waals surface area (Å²) in [4.78, 5) is 0. The zero-order valence-corrected chi connectivity index (χ0v) is 10.3. The van der Waals surface area contributed by atoms with E-state index in [1.807, 2.05) is 0 Å². The van der Waals surface area contributed by atoms with Gasteiger partial charge in [0, 0.05) is 20.7 Å². The lowest BCUT2D eigenvalue weighted by molar-refractivity contribution is 0.106. The van der Waals surface area contributed by atoms with Crippen LogP contribution in [-0.4, -0.2) is 25.8 Å². The van der Waals surface area contributed by atoms with Gasteiger partial charge < -0.3 is 10.1 Å². The van der Waals surface area contributed by atoms with Crippen molar-refractivity contribution >= 4 is 0 Å². The Labute approximate surface area is 90.9 Å². The van der Waals surface area contributed by atoms with Gasteiger partial charge in [-0.25, -0.2) is 0 Å². The van der Waals surface area contributed by atoms with Gasteiger partial charge in [0.2, 0.25) is 0 Å². The minimum absolute atomic E-state index is 0. The van der Waals surface area contributed by atoms with Crippen molar-refractivity contribution in [1.82, 2.24) is 5.32 Å². The molecule has 0 bridgehead atoms. The summed E-state index contributed by atoms with van der Waals surface area (Å²) >= 11 is 0. The van der Waals surface area contributed by atoms with E-state index in [1.165, 1.54) is 19.3 Å². The molecule has 0 aliphatic heterocycles. The van der Waals surface area contributed by atoms with E-state index in [9.17, 15) is 0 Å². The maximum absolute atomic E-state index is 5.50. The van der Waals surface area contributed by atoms with Crippen LogP contribution in [0.4, 0.5) is 0 Å². The molecule has 0 amide bonds. The molecule has 0 aromatic carbocycles. The Balaban J connectivity index is 0. The van der Waals surface area contributed by atoms with Crippen molar-refractivity contribution in [2.45, 2.75) is 53.0 Å². The Morgan fingerprint density at radius 2 is 1.79 bits per heavy atom. The molecule has 0 aliphatic carbocycles. The Morgan fingerprint density at radius 1 is 1.07 bits per heavy atom. The van der Waals surface area contributed by atoms with Crippen LogP contribution >= 0.6 is 0 Å². The summed E-state index contributed by atoms with van der Waals surface area (Å²) in [5, 5.41) is 3.41. The lowest BCUT2D eigenvalue weighted by atomic mass is 10.2. The van der Waals surface area contributed by atoms with E-state index < -0.39 is 0 Å². The molecule has 0 spiro atoms. The fraction of sp³-hybridized carbons (Fsp3) is 1.00. The van der Waals surface area contributed by atoms with Crippen LogP contribution in [0, 0.1) is 5.92 Å². The highest BCUT2D eigenvalue weighted by molar-refractivity contribution is 4.52. The topological polar surface area (TPSA) is 21.3 Å². The van der Waals surface area contributed by atoms with Gasteiger partial charge >= 0.3 is 0 Å². The van der Waals surface area contributed by atoms with Crippen molar-refractivity contribution in [3.8, 4) is 0 Å². The molecule has 0 radical (unpaired) electrons. The van der Waals surface area contributed by atoms with E-state index in [4.69, 9.17) is 4.74 Å². The van der Waals surface area contributed by atoms with Crippen LogP contribution in [0.3, 0.4) is 0 Å². The summed E-state index contributed by atoms with van der Waals surface area (Å²) in [6.07, 6.45) is 3.74. The molecular weight excluding hydrogens is 174 g/mol. The van der Waals surface area contributed by atoms with Crippen LogP contribution in [0.5, 0.6) is 0 Å². The van der Waals surface area contributed by atoms with Crippen LogP contribution in [0.1, 0.15) is 48.4 Å². The maximum Gasteiger partial charge on any atom is 0.0488 e. The van der Waals surface area contributed by atoms with Gasteiger partial charge in [0.25, 0.3) is 0 Å². The van der Waals surface area contributed by atoms with Gasteiger partial charge in [0.1, 0.15) is 0 Å². The average molecular weight is 203 g/mol. The Bertz CT molecular complexity index is 104. The third kappa shape index (κ3) is 11.9. The van der Waals surface area contributed by atoms with Gasteiger partial charge in [0.05, 0.1) is 0 Å². The number of rotatable bonds is 9. The lowest BCUT2D eigenvalue weighted by Gasteiger charge is -2.08. The number of nitrogens with one attached hydrogen (secondary N) is 1. The summed E-state index contributed by atoms with van der Waals surface area (Å²) in [7, 11) is 0. The first-order valence-electron chi connectivity index (χ1n) is 5.94. The Morgan fingerprint density at radius 3 is 2.36 bits per heavy atom. The van der Waals surface area contributed by atoms with Gasteiger partial charge in [0.15, 0.2) is 0 Å². The van der Waals surface area contributed by atoms with Crippen LogP contribution in [0.15, 0.2) is 0 Å². The molecule has 88 valence electrons. The first-order chi connectivity index (χ1) is 6.63. The molecule has 0 saturated heterocycles. The largest absolute Gasteiger partial charge is 0.381 e. The molecular formula is C12H29NO. The van der Waals surface area contributed by atoms with Crippen LogP contribution in [0.2, 0.25) is 0 Å². The van der Waals surface area contributed by atoms with E-state index in [1.54, 1.807) is 0 Å². The van der Waals surface area contributed by atoms with Crippen molar-refractivity contribution < 1.29 is 6.16 Å². The van der Waals surface area contributed by atoms with Crippen molar-refractivity contribution in [2.24, 2.45) is 5.92 Å². The first-order valence-corrected chi connectivity index (χ1v) is 5.94. The second-order valence-electron chi connectivity index (χ2n) is 4.64. The minimum atomic E-state index is 0. The molecule has 14 heavy (non-hydrogen) atoms. The quantitative estimate of drug-likeness (QED) is 0.581. The van der Waals surface area contributed by atoms with Gasteiger partial charge in [-0.15, -0.1) is 0 Å². The zero-order valence-electron chi connectivity index (χ0n) is 10.3. The van der Waals surface area contributed by atoms with Crippen LogP contribution in [-0.2, 0) is 4.74 Å². The average Bonchev–Trinajstić information content (AvgIpc) is 2.08. The molecule has 0 aromatic heterocycles. The standard InChI is InChI=1S/C12H27NO.H2/c1-11(2)10-14-9-7-5-6-8-13-12(3)4;/h11-13H,5-10H2,1-4H3;1H. The van der Waals surface area contributed by atoms with Crippen molar-refractivity contribution in [1.29, 1.82) is 0 Å². The Hall–Kier alpha value is -0.0800. The van der Waals surface area contributed by atoms with Crippen LogP contribution < -0.4 is 5.32 Å². The number of hydrogen-bond donors (Lipinski definition) is 1. The van der Waals surface area contributed by atoms with Crippen molar-refractivity contribution in [3.05, 3.63) is 0 Å². The molecule has 2 nitrogen and oxygen atoms in total. The molecule has 0 aromatic rings. The molecule has 0 atom stereocenters. The number of unbranched alkanes of at least 4 members (excludes halogenated alkanes) is 2. The highest BCUT2D eigenvalue weighted by Gasteiger charge is 1.94. The maximum atomic E-state index is 5.50. The molecule has 0 unspecified atom stereocenters. The van der Waals surface area contributed by atoms with Gasteiger partial charge in [-0.05, 0) is 31.7 Å². The smallest absolute Gasteiger partial charge is 0.0488 e. The molecule has 2 heteroatoms. The third-order valence-corrected chi connectivity index (χ3v) is 1.97. The second-order valence-corrected chi connectivity index (χ2v) is 4.64. The minimum Gasteiger partial charge on any atom is -0.381 e. The summed E-state index contributed by atoms with van der Waals surface area (Å²) < 4.78 is 5.50. The summed E-state index contributed by atoms with van der Waals surface area (Å²) in [6.45, 7) is 11.7. The molecule has 0 saturated carbocycles. The predicted octanol–water partition coefficient (Wildman–Crippen LogP) is 3.07. The normalized spacial score (nSPS) is 11.6. The Kier molecular flexibility index (Phi) is 9.42. The van der Waals surface area contributed by atoms with E-state index in [0.717, 1.165) is 19.8 Å². The molecule has 0 fully saturated rings. The number of hydrogen-bond acceptors (Lipinski definition) is 2. The lowest BCUT2D eigenvalue weighted by Crippen LogP contribution is -2.23. The van der Waals surface area contributed by atoms with Gasteiger partial charge in [-0.3, -0.25) is 0 Å². The molecule has 1 N–H and O–H groups in total. The first kappa shape index (κ1) is 13.9. The van der Waals surface area contributed by atoms with E-state index in [0.29, 0.717) is 12.0 Å². The van der Waals surface area contributed by atoms with Crippen molar-refractivity contribution in [2.75, 3.05) is 19.8 Å². The monoisotopic (exact) mass is 203 g/mol. The van der Waals surface area contributed by atoms with E-state index in [2.05, 4.69) is 33.0 Å². The number of ether oxygens (including phenoxy) is 1. The fourth-order valence-corrected chi connectivity index (χ4v) is 1.22. The van der Waals surface area contributed by atoms with Crippen LogP contribution in [0.25, 0.3) is 0 Å². The van der Waals surface area contributed by atoms with E-state index in [-0.39, 0.29) is 1.43 Å². The summed E-state index contributed by atoms with van der Waals surface area (Å²) in [5.74, 6) is 0.664. The molecule has 0 heterocycles. The predicted molar refractivity (Wildman–Crippen MR) is 64.8 cm³/mol. The highest BCUT2D eigenvalue weighted by Crippen LogP contribution is 1.98. The third-order valence-electron chi connectivity index (χ3n) is 1.97. The molecule has 0 aliphatic rings. The fourth-order valence-electron chi connectivity index (χ4n) is 1.22. The summed E-state index contributed by atoms with van der Waals surface area (Å²) in [6, 6.07) is 0.618. The van der Waals surface area contributed by atoms with Gasteiger partial charge in [-0.1, -0.05) is 27.7 Å².